The fourth-order valence-corrected chi connectivity index (χ4v) is 3.82. The van der Waals surface area contributed by atoms with Crippen LogP contribution in [0.25, 0.3) is 0 Å². The SMILES string of the molecule is O=C(O)[C@@H]1CC[C@H](NC(=O)[C@H](c2ccccc2)N2CCCCC2=O)C1. The zero-order chi connectivity index (χ0) is 17.8. The number of carboxylic acid groups (broad SMARTS) is 1. The number of nitrogens with zero attached hydrogens (tertiary/aromatic N) is 1. The van der Waals surface area contributed by atoms with E-state index in [-0.39, 0.29) is 17.9 Å². The first-order chi connectivity index (χ1) is 12.1. The van der Waals surface area contributed by atoms with Crippen molar-refractivity contribution in [3.63, 3.8) is 0 Å². The van der Waals surface area contributed by atoms with E-state index >= 15 is 0 Å². The standard InChI is InChI=1S/C19H24N2O4/c22-16-8-4-5-11-21(16)17(13-6-2-1-3-7-13)18(23)20-15-10-9-14(12-15)19(24)25/h1-3,6-7,14-15,17H,4-5,8-12H2,(H,20,23)(H,24,25)/t14-,15+,17+/m1/s1. The Bertz CT molecular complexity index is 646. The third-order valence-corrected chi connectivity index (χ3v) is 5.16. The van der Waals surface area contributed by atoms with Gasteiger partial charge in [-0.25, -0.2) is 0 Å². The Morgan fingerprint density at radius 1 is 1.16 bits per heavy atom. The molecule has 25 heavy (non-hydrogen) atoms. The zero-order valence-electron chi connectivity index (χ0n) is 14.2. The molecule has 1 aromatic rings. The van der Waals surface area contributed by atoms with E-state index in [0.29, 0.717) is 32.2 Å². The van der Waals surface area contributed by atoms with Gasteiger partial charge in [0.05, 0.1) is 5.92 Å². The summed E-state index contributed by atoms with van der Waals surface area (Å²) in [5.41, 5.74) is 0.794. The summed E-state index contributed by atoms with van der Waals surface area (Å²) in [5.74, 6) is -1.40. The Morgan fingerprint density at radius 2 is 1.92 bits per heavy atom. The molecule has 1 aliphatic heterocycles. The van der Waals surface area contributed by atoms with Crippen LogP contribution in [0.3, 0.4) is 0 Å². The number of hydrogen-bond donors (Lipinski definition) is 2. The van der Waals surface area contributed by atoms with E-state index in [2.05, 4.69) is 5.32 Å². The van der Waals surface area contributed by atoms with Crippen molar-refractivity contribution in [2.24, 2.45) is 5.92 Å². The molecule has 1 aliphatic carbocycles. The van der Waals surface area contributed by atoms with Crippen molar-refractivity contribution in [2.75, 3.05) is 6.54 Å². The molecule has 1 saturated carbocycles. The van der Waals surface area contributed by atoms with Gasteiger partial charge in [-0.3, -0.25) is 14.4 Å². The van der Waals surface area contributed by atoms with Crippen LogP contribution in [-0.2, 0) is 14.4 Å². The highest BCUT2D eigenvalue weighted by Gasteiger charge is 2.36. The van der Waals surface area contributed by atoms with Gasteiger partial charge >= 0.3 is 5.97 Å². The van der Waals surface area contributed by atoms with Crippen molar-refractivity contribution in [1.82, 2.24) is 10.2 Å². The van der Waals surface area contributed by atoms with E-state index in [1.54, 1.807) is 4.90 Å². The van der Waals surface area contributed by atoms with Crippen molar-refractivity contribution in [1.29, 1.82) is 0 Å². The van der Waals surface area contributed by atoms with E-state index in [1.807, 2.05) is 30.3 Å². The highest BCUT2D eigenvalue weighted by atomic mass is 16.4. The summed E-state index contributed by atoms with van der Waals surface area (Å²) >= 11 is 0. The lowest BCUT2D eigenvalue weighted by Gasteiger charge is -2.34. The molecule has 2 fully saturated rings. The molecule has 3 rings (SSSR count). The fourth-order valence-electron chi connectivity index (χ4n) is 3.82. The summed E-state index contributed by atoms with van der Waals surface area (Å²) in [6.07, 6.45) is 3.93. The second kappa shape index (κ2) is 7.68. The van der Waals surface area contributed by atoms with Gasteiger partial charge in [0.15, 0.2) is 0 Å². The van der Waals surface area contributed by atoms with Crippen molar-refractivity contribution in [3.8, 4) is 0 Å². The van der Waals surface area contributed by atoms with Crippen molar-refractivity contribution in [2.45, 2.75) is 50.6 Å². The largest absolute Gasteiger partial charge is 0.481 e. The van der Waals surface area contributed by atoms with Crippen molar-refractivity contribution in [3.05, 3.63) is 35.9 Å². The van der Waals surface area contributed by atoms with E-state index < -0.39 is 17.9 Å². The number of nitrogens with one attached hydrogen (secondary N) is 1. The van der Waals surface area contributed by atoms with Gasteiger partial charge in [0, 0.05) is 19.0 Å². The lowest BCUT2D eigenvalue weighted by molar-refractivity contribution is -0.143. The molecule has 0 aromatic heterocycles. The summed E-state index contributed by atoms with van der Waals surface area (Å²) in [7, 11) is 0. The number of carboxylic acids is 1. The average Bonchev–Trinajstić information content (AvgIpc) is 3.07. The van der Waals surface area contributed by atoms with Crippen molar-refractivity contribution >= 4 is 17.8 Å². The quantitative estimate of drug-likeness (QED) is 0.856. The van der Waals surface area contributed by atoms with Crippen molar-refractivity contribution < 1.29 is 19.5 Å². The first-order valence-electron chi connectivity index (χ1n) is 8.94. The monoisotopic (exact) mass is 344 g/mol. The highest BCUT2D eigenvalue weighted by Crippen LogP contribution is 2.29. The predicted octanol–water partition coefficient (Wildman–Crippen LogP) is 2.11. The fraction of sp³-hybridized carbons (Fsp3) is 0.526. The van der Waals surface area contributed by atoms with Crippen LogP contribution < -0.4 is 5.32 Å². The topological polar surface area (TPSA) is 86.7 Å². The molecular formula is C19H24N2O4. The molecule has 0 unspecified atom stereocenters. The Kier molecular flexibility index (Phi) is 5.36. The molecule has 1 saturated heterocycles. The van der Waals surface area contributed by atoms with E-state index in [1.165, 1.54) is 0 Å². The van der Waals surface area contributed by atoms with Crippen LogP contribution in [0.4, 0.5) is 0 Å². The van der Waals surface area contributed by atoms with Gasteiger partial charge in [0.1, 0.15) is 6.04 Å². The minimum atomic E-state index is -0.803. The summed E-state index contributed by atoms with van der Waals surface area (Å²) in [6, 6.07) is 8.55. The number of carbonyl (C=O) groups excluding carboxylic acids is 2. The molecule has 3 atom stereocenters. The second-order valence-electron chi connectivity index (χ2n) is 6.91. The molecule has 0 bridgehead atoms. The normalized spacial score (nSPS) is 24.8. The summed E-state index contributed by atoms with van der Waals surface area (Å²) in [5, 5.41) is 12.1. The van der Waals surface area contributed by atoms with Gasteiger partial charge < -0.3 is 15.3 Å². The van der Waals surface area contributed by atoms with Crippen LogP contribution in [0.1, 0.15) is 50.1 Å². The van der Waals surface area contributed by atoms with E-state index in [4.69, 9.17) is 5.11 Å². The van der Waals surface area contributed by atoms with Gasteiger partial charge in [-0.05, 0) is 37.7 Å². The maximum absolute atomic E-state index is 13.0. The van der Waals surface area contributed by atoms with Crippen LogP contribution >= 0.6 is 0 Å². The summed E-state index contributed by atoms with van der Waals surface area (Å²) < 4.78 is 0. The molecule has 0 radical (unpaired) electrons. The molecule has 134 valence electrons. The lowest BCUT2D eigenvalue weighted by Crippen LogP contribution is -2.47. The molecule has 1 heterocycles. The minimum absolute atomic E-state index is 0.00471. The predicted molar refractivity (Wildman–Crippen MR) is 91.7 cm³/mol. The van der Waals surface area contributed by atoms with E-state index in [9.17, 15) is 14.4 Å². The van der Waals surface area contributed by atoms with E-state index in [0.717, 1.165) is 18.4 Å². The molecule has 2 aliphatic rings. The molecule has 2 amide bonds. The zero-order valence-corrected chi connectivity index (χ0v) is 14.2. The Morgan fingerprint density at radius 3 is 2.56 bits per heavy atom. The van der Waals surface area contributed by atoms with Crippen LogP contribution in [-0.4, -0.2) is 40.4 Å². The number of benzene rings is 1. The third kappa shape index (κ3) is 4.00. The summed E-state index contributed by atoms with van der Waals surface area (Å²) in [4.78, 5) is 38.1. The summed E-state index contributed by atoms with van der Waals surface area (Å²) in [6.45, 7) is 0.578. The maximum atomic E-state index is 13.0. The third-order valence-electron chi connectivity index (χ3n) is 5.16. The first kappa shape index (κ1) is 17.5. The number of piperidine rings is 1. The molecule has 6 nitrogen and oxygen atoms in total. The number of amides is 2. The Balaban J connectivity index is 1.76. The second-order valence-corrected chi connectivity index (χ2v) is 6.91. The van der Waals surface area contributed by atoms with Crippen LogP contribution in [0.5, 0.6) is 0 Å². The number of rotatable bonds is 5. The smallest absolute Gasteiger partial charge is 0.306 e. The van der Waals surface area contributed by atoms with Gasteiger partial charge in [-0.1, -0.05) is 30.3 Å². The maximum Gasteiger partial charge on any atom is 0.306 e. The number of carbonyl (C=O) groups is 3. The molecule has 2 N–H and O–H groups in total. The van der Waals surface area contributed by atoms with Crippen LogP contribution in [0.2, 0.25) is 0 Å². The lowest BCUT2D eigenvalue weighted by atomic mass is 10.00. The molecular weight excluding hydrogens is 320 g/mol. The molecule has 1 aromatic carbocycles. The van der Waals surface area contributed by atoms with Gasteiger partial charge in [0.25, 0.3) is 0 Å². The molecule has 0 spiro atoms. The van der Waals surface area contributed by atoms with Gasteiger partial charge in [0.2, 0.25) is 11.8 Å². The average molecular weight is 344 g/mol. The van der Waals surface area contributed by atoms with Gasteiger partial charge in [-0.15, -0.1) is 0 Å². The Labute approximate surface area is 147 Å². The minimum Gasteiger partial charge on any atom is -0.481 e. The molecule has 6 heteroatoms. The first-order valence-corrected chi connectivity index (χ1v) is 8.94. The number of likely N-dealkylation sites (tertiary alicyclic amines) is 1. The highest BCUT2D eigenvalue weighted by molar-refractivity contribution is 5.89. The van der Waals surface area contributed by atoms with Crippen LogP contribution in [0, 0.1) is 5.92 Å². The van der Waals surface area contributed by atoms with Gasteiger partial charge in [-0.2, -0.15) is 0 Å². The van der Waals surface area contributed by atoms with Crippen LogP contribution in [0.15, 0.2) is 30.3 Å². The number of aliphatic carboxylic acids is 1. The number of hydrogen-bond acceptors (Lipinski definition) is 3. The Hall–Kier alpha value is -2.37.